The summed E-state index contributed by atoms with van der Waals surface area (Å²) in [6.07, 6.45) is 1.90. The van der Waals surface area contributed by atoms with Crippen molar-refractivity contribution in [3.8, 4) is 11.5 Å². The van der Waals surface area contributed by atoms with Crippen LogP contribution in [0.15, 0.2) is 30.5 Å². The van der Waals surface area contributed by atoms with Gasteiger partial charge in [0.2, 0.25) is 0 Å². The van der Waals surface area contributed by atoms with Crippen LogP contribution in [0.3, 0.4) is 0 Å². The zero-order valence-corrected chi connectivity index (χ0v) is 18.0. The van der Waals surface area contributed by atoms with E-state index in [1.54, 1.807) is 14.2 Å². The molecule has 0 saturated carbocycles. The summed E-state index contributed by atoms with van der Waals surface area (Å²) in [4.78, 5) is 7.15. The summed E-state index contributed by atoms with van der Waals surface area (Å²) in [5.74, 6) is 1.88. The van der Waals surface area contributed by atoms with Crippen LogP contribution in [0.5, 0.6) is 11.5 Å². The molecule has 0 aliphatic carbocycles. The van der Waals surface area contributed by atoms with Gasteiger partial charge in [-0.2, -0.15) is 0 Å². The lowest BCUT2D eigenvalue weighted by Crippen LogP contribution is -2.45. The zero-order chi connectivity index (χ0) is 17.8. The topological polar surface area (TPSA) is 46.6 Å². The Labute approximate surface area is 174 Å². The molecule has 1 unspecified atom stereocenters. The quantitative estimate of drug-likeness (QED) is 0.809. The Hall–Kier alpha value is -1.53. The second-order valence-corrected chi connectivity index (χ2v) is 6.48. The van der Waals surface area contributed by atoms with E-state index in [-0.39, 0.29) is 30.9 Å². The Morgan fingerprint density at radius 1 is 1.15 bits per heavy atom. The molecule has 1 saturated heterocycles. The van der Waals surface area contributed by atoms with Crippen LogP contribution >= 0.6 is 24.8 Å². The molecular weight excluding hydrogens is 385 g/mol. The van der Waals surface area contributed by atoms with Crippen LogP contribution in [-0.2, 0) is 6.54 Å². The summed E-state index contributed by atoms with van der Waals surface area (Å²) in [5.41, 5.74) is 4.49. The molecule has 0 spiro atoms. The number of benzene rings is 1. The Morgan fingerprint density at radius 3 is 2.59 bits per heavy atom. The van der Waals surface area contributed by atoms with Gasteiger partial charge in [-0.3, -0.25) is 9.88 Å². The predicted octanol–water partition coefficient (Wildman–Crippen LogP) is 3.71. The Morgan fingerprint density at radius 2 is 1.89 bits per heavy atom. The Bertz CT molecular complexity index is 743. The normalized spacial score (nSPS) is 16.8. The molecule has 1 fully saturated rings. The van der Waals surface area contributed by atoms with E-state index in [0.717, 1.165) is 54.5 Å². The number of halogens is 2. The van der Waals surface area contributed by atoms with Crippen molar-refractivity contribution in [2.24, 2.45) is 0 Å². The van der Waals surface area contributed by atoms with E-state index >= 15 is 0 Å². The van der Waals surface area contributed by atoms with E-state index in [1.807, 2.05) is 25.3 Å². The van der Waals surface area contributed by atoms with Crippen molar-refractivity contribution in [2.45, 2.75) is 26.4 Å². The van der Waals surface area contributed by atoms with Crippen molar-refractivity contribution >= 4 is 24.8 Å². The second-order valence-electron chi connectivity index (χ2n) is 6.48. The molecule has 1 N–H and O–H groups in total. The van der Waals surface area contributed by atoms with Crippen molar-refractivity contribution in [2.75, 3.05) is 33.9 Å². The first-order valence-electron chi connectivity index (χ1n) is 8.72. The summed E-state index contributed by atoms with van der Waals surface area (Å²) >= 11 is 0. The molecule has 1 aromatic heterocycles. The summed E-state index contributed by atoms with van der Waals surface area (Å²) in [6, 6.07) is 8.53. The third-order valence-electron chi connectivity index (χ3n) is 4.95. The Kier molecular flexibility index (Phi) is 9.33. The van der Waals surface area contributed by atoms with Crippen LogP contribution in [0.2, 0.25) is 0 Å². The molecule has 1 aliphatic heterocycles. The van der Waals surface area contributed by atoms with Crippen LogP contribution in [0.1, 0.15) is 28.4 Å². The largest absolute Gasteiger partial charge is 0.496 e. The number of piperazine rings is 1. The maximum Gasteiger partial charge on any atom is 0.128 e. The highest BCUT2D eigenvalue weighted by atomic mass is 35.5. The lowest BCUT2D eigenvalue weighted by Gasteiger charge is -2.37. The molecule has 0 amide bonds. The van der Waals surface area contributed by atoms with Crippen LogP contribution in [0, 0.1) is 13.8 Å². The fraction of sp³-hybridized carbons (Fsp3) is 0.450. The van der Waals surface area contributed by atoms with Gasteiger partial charge in [-0.1, -0.05) is 18.2 Å². The minimum absolute atomic E-state index is 0. The van der Waals surface area contributed by atoms with Gasteiger partial charge in [0.1, 0.15) is 11.5 Å². The number of ether oxygens (including phenoxy) is 2. The molecule has 0 bridgehead atoms. The van der Waals surface area contributed by atoms with Crippen molar-refractivity contribution in [1.29, 1.82) is 0 Å². The number of methoxy groups -OCH3 is 2. The molecular formula is C20H29Cl2N3O2. The van der Waals surface area contributed by atoms with Gasteiger partial charge in [-0.15, -0.1) is 24.8 Å². The number of pyridine rings is 1. The maximum atomic E-state index is 5.58. The van der Waals surface area contributed by atoms with Crippen molar-refractivity contribution in [3.63, 3.8) is 0 Å². The van der Waals surface area contributed by atoms with Crippen LogP contribution < -0.4 is 14.8 Å². The zero-order valence-electron chi connectivity index (χ0n) is 16.3. The lowest BCUT2D eigenvalue weighted by molar-refractivity contribution is 0.148. The molecule has 5 nitrogen and oxygen atoms in total. The average Bonchev–Trinajstić information content (AvgIpc) is 2.65. The summed E-state index contributed by atoms with van der Waals surface area (Å²) in [5, 5.41) is 3.50. The lowest BCUT2D eigenvalue weighted by atomic mass is 10.0. The molecule has 1 atom stereocenters. The van der Waals surface area contributed by atoms with Gasteiger partial charge < -0.3 is 14.8 Å². The van der Waals surface area contributed by atoms with Gasteiger partial charge in [-0.05, 0) is 19.9 Å². The first kappa shape index (κ1) is 23.5. The van der Waals surface area contributed by atoms with E-state index in [0.29, 0.717) is 0 Å². The highest BCUT2D eigenvalue weighted by molar-refractivity contribution is 5.85. The smallest absolute Gasteiger partial charge is 0.128 e. The maximum absolute atomic E-state index is 5.58. The number of nitrogens with one attached hydrogen (secondary N) is 1. The first-order valence-corrected chi connectivity index (χ1v) is 8.72. The van der Waals surface area contributed by atoms with Gasteiger partial charge in [-0.25, -0.2) is 0 Å². The molecule has 150 valence electrons. The third-order valence-corrected chi connectivity index (χ3v) is 4.95. The van der Waals surface area contributed by atoms with E-state index in [1.165, 1.54) is 5.56 Å². The van der Waals surface area contributed by atoms with Crippen LogP contribution in [0.25, 0.3) is 0 Å². The summed E-state index contributed by atoms with van der Waals surface area (Å²) in [7, 11) is 3.46. The number of para-hydroxylation sites is 1. The summed E-state index contributed by atoms with van der Waals surface area (Å²) < 4.78 is 11.1. The molecule has 7 heteroatoms. The van der Waals surface area contributed by atoms with Gasteiger partial charge in [0.25, 0.3) is 0 Å². The van der Waals surface area contributed by atoms with Crippen LogP contribution in [0.4, 0.5) is 0 Å². The van der Waals surface area contributed by atoms with Crippen molar-refractivity contribution < 1.29 is 9.47 Å². The first-order chi connectivity index (χ1) is 12.2. The van der Waals surface area contributed by atoms with Gasteiger partial charge >= 0.3 is 0 Å². The molecule has 3 rings (SSSR count). The highest BCUT2D eigenvalue weighted by Crippen LogP contribution is 2.32. The Balaban J connectivity index is 0.00000182. The predicted molar refractivity (Wildman–Crippen MR) is 114 cm³/mol. The fourth-order valence-corrected chi connectivity index (χ4v) is 3.61. The minimum Gasteiger partial charge on any atom is -0.496 e. The van der Waals surface area contributed by atoms with E-state index < -0.39 is 0 Å². The van der Waals surface area contributed by atoms with E-state index in [2.05, 4.69) is 34.3 Å². The molecule has 1 aliphatic rings. The standard InChI is InChI=1S/C20H27N3O2.2ClH/c1-14-11-22-17(15(2)20(14)25-4)13-23-10-9-21-12-18(23)16-7-5-6-8-19(16)24-3;;/h5-8,11,18,21H,9-10,12-13H2,1-4H3;2*1H. The van der Waals surface area contributed by atoms with Gasteiger partial charge in [0.15, 0.2) is 0 Å². The fourth-order valence-electron chi connectivity index (χ4n) is 3.61. The summed E-state index contributed by atoms with van der Waals surface area (Å²) in [6.45, 7) is 7.78. The number of aromatic nitrogens is 1. The van der Waals surface area contributed by atoms with Crippen LogP contribution in [-0.4, -0.2) is 43.7 Å². The number of hydrogen-bond donors (Lipinski definition) is 1. The number of rotatable bonds is 5. The molecule has 0 radical (unpaired) electrons. The van der Waals surface area contributed by atoms with Crippen molar-refractivity contribution in [3.05, 3.63) is 52.8 Å². The highest BCUT2D eigenvalue weighted by Gasteiger charge is 2.27. The number of hydrogen-bond acceptors (Lipinski definition) is 5. The number of aryl methyl sites for hydroxylation is 1. The van der Waals surface area contributed by atoms with Crippen molar-refractivity contribution in [1.82, 2.24) is 15.2 Å². The minimum atomic E-state index is 0. The van der Waals surface area contributed by atoms with E-state index in [9.17, 15) is 0 Å². The third kappa shape index (κ3) is 5.05. The number of nitrogens with zero attached hydrogens (tertiary/aromatic N) is 2. The van der Waals surface area contributed by atoms with Gasteiger partial charge in [0.05, 0.1) is 26.0 Å². The second kappa shape index (κ2) is 10.7. The molecule has 2 aromatic rings. The average molecular weight is 414 g/mol. The molecule has 27 heavy (non-hydrogen) atoms. The molecule has 2 heterocycles. The van der Waals surface area contributed by atoms with Gasteiger partial charge in [0, 0.05) is 49.1 Å². The monoisotopic (exact) mass is 413 g/mol. The SMILES string of the molecule is COc1ccccc1C1CNCCN1Cc1ncc(C)c(OC)c1C.Cl.Cl. The molecule has 1 aromatic carbocycles. The van der Waals surface area contributed by atoms with E-state index in [4.69, 9.17) is 9.47 Å².